The van der Waals surface area contributed by atoms with E-state index >= 15 is 0 Å². The van der Waals surface area contributed by atoms with E-state index in [-0.39, 0.29) is 12.5 Å². The molecule has 0 radical (unpaired) electrons. The number of rotatable bonds is 8. The fourth-order valence-corrected chi connectivity index (χ4v) is 2.58. The van der Waals surface area contributed by atoms with Crippen LogP contribution in [-0.4, -0.2) is 63.0 Å². The molecule has 1 aromatic heterocycles. The average molecular weight is 311 g/mol. The minimum Gasteiger partial charge on any atom is -0.385 e. The number of aliphatic hydroxyl groups excluding tert-OH is 1. The molecule has 6 heteroatoms. The van der Waals surface area contributed by atoms with Crippen molar-refractivity contribution in [3.63, 3.8) is 0 Å². The van der Waals surface area contributed by atoms with Gasteiger partial charge in [-0.2, -0.15) is 0 Å². The van der Waals surface area contributed by atoms with E-state index in [4.69, 9.17) is 14.6 Å². The molecule has 0 fully saturated rings. The zero-order valence-corrected chi connectivity index (χ0v) is 13.2. The summed E-state index contributed by atoms with van der Waals surface area (Å²) < 4.78 is 10.1. The minimum absolute atomic E-state index is 0.0552. The normalized spacial score (nSPS) is 10.0. The fraction of sp³-hybridized carbons (Fsp3) is 0.533. The van der Waals surface area contributed by atoms with Gasteiger partial charge >= 0.3 is 0 Å². The Morgan fingerprint density at radius 2 is 2.10 bits per heavy atom. The third kappa shape index (κ3) is 5.86. The number of ether oxygens (including phenoxy) is 2. The summed E-state index contributed by atoms with van der Waals surface area (Å²) in [6, 6.07) is 1.80. The molecule has 0 aliphatic heterocycles. The van der Waals surface area contributed by atoms with E-state index < -0.39 is 0 Å². The van der Waals surface area contributed by atoms with E-state index in [0.717, 1.165) is 6.42 Å². The monoisotopic (exact) mass is 311 g/mol. The van der Waals surface area contributed by atoms with Crippen LogP contribution < -0.4 is 0 Å². The van der Waals surface area contributed by atoms with Crippen LogP contribution in [0.25, 0.3) is 0 Å². The van der Waals surface area contributed by atoms with Gasteiger partial charge in [-0.25, -0.2) is 0 Å². The molecule has 1 heterocycles. The van der Waals surface area contributed by atoms with Gasteiger partial charge in [0.1, 0.15) is 11.5 Å². The van der Waals surface area contributed by atoms with Crippen LogP contribution in [0.1, 0.15) is 21.7 Å². The molecule has 0 aromatic carbocycles. The van der Waals surface area contributed by atoms with Crippen LogP contribution in [0.15, 0.2) is 11.4 Å². The van der Waals surface area contributed by atoms with Crippen LogP contribution in [0.5, 0.6) is 0 Å². The molecule has 0 bridgehead atoms. The zero-order chi connectivity index (χ0) is 15.5. The highest BCUT2D eigenvalue weighted by Gasteiger charge is 2.19. The number of thiophene rings is 1. The number of carbonyl (C=O) groups excluding carboxylic acids is 1. The Morgan fingerprint density at radius 1 is 1.33 bits per heavy atom. The summed E-state index contributed by atoms with van der Waals surface area (Å²) in [5.74, 6) is 5.33. The summed E-state index contributed by atoms with van der Waals surface area (Å²) in [6.45, 7) is 2.02. The highest BCUT2D eigenvalue weighted by molar-refractivity contribution is 7.12. The Balaban J connectivity index is 2.80. The average Bonchev–Trinajstić information content (AvgIpc) is 2.96. The molecular weight excluding hydrogens is 290 g/mol. The third-order valence-electron chi connectivity index (χ3n) is 2.79. The number of aliphatic hydroxyl groups is 1. The van der Waals surface area contributed by atoms with E-state index in [0.29, 0.717) is 36.7 Å². The van der Waals surface area contributed by atoms with E-state index in [2.05, 4.69) is 11.8 Å². The first kappa shape index (κ1) is 17.7. The molecule has 1 rings (SSSR count). The van der Waals surface area contributed by atoms with Gasteiger partial charge in [0.25, 0.3) is 5.91 Å². The lowest BCUT2D eigenvalue weighted by molar-refractivity contribution is 0.0678. The number of amides is 1. The molecule has 0 spiro atoms. The molecule has 1 aromatic rings. The topological polar surface area (TPSA) is 59.0 Å². The number of methoxy groups -OCH3 is 2. The second-order valence-corrected chi connectivity index (χ2v) is 5.17. The summed E-state index contributed by atoms with van der Waals surface area (Å²) >= 11 is 1.36. The van der Waals surface area contributed by atoms with Crippen LogP contribution in [0.2, 0.25) is 0 Å². The van der Waals surface area contributed by atoms with E-state index in [1.54, 1.807) is 25.2 Å². The van der Waals surface area contributed by atoms with Gasteiger partial charge in [0.15, 0.2) is 0 Å². The first-order valence-electron chi connectivity index (χ1n) is 6.69. The summed E-state index contributed by atoms with van der Waals surface area (Å²) in [4.78, 5) is 14.9. The maximum absolute atomic E-state index is 12.6. The Hall–Kier alpha value is -1.39. The van der Waals surface area contributed by atoms with E-state index in [1.165, 1.54) is 11.3 Å². The van der Waals surface area contributed by atoms with Crippen molar-refractivity contribution in [1.29, 1.82) is 0 Å². The maximum Gasteiger partial charge on any atom is 0.265 e. The van der Waals surface area contributed by atoms with Crippen LogP contribution in [0.3, 0.4) is 0 Å². The van der Waals surface area contributed by atoms with Gasteiger partial charge in [-0.15, -0.1) is 11.3 Å². The highest BCUT2D eigenvalue weighted by Crippen LogP contribution is 2.18. The summed E-state index contributed by atoms with van der Waals surface area (Å²) in [5.41, 5.74) is 0.660. The van der Waals surface area contributed by atoms with Gasteiger partial charge in [-0.1, -0.05) is 11.8 Å². The predicted molar refractivity (Wildman–Crippen MR) is 82.6 cm³/mol. The second kappa shape index (κ2) is 10.4. The zero-order valence-electron chi connectivity index (χ0n) is 12.4. The molecule has 5 nitrogen and oxygen atoms in total. The van der Waals surface area contributed by atoms with Crippen molar-refractivity contribution in [2.75, 3.05) is 47.1 Å². The minimum atomic E-state index is -0.218. The number of hydrogen-bond donors (Lipinski definition) is 1. The molecule has 0 saturated carbocycles. The van der Waals surface area contributed by atoms with Crippen LogP contribution in [-0.2, 0) is 9.47 Å². The standard InChI is InChI=1S/C15H21NO4S/c1-19-10-4-7-16(8-11-20-2)15(18)14-13(5-3-9-17)6-12-21-14/h6,12,17H,4,7-11H2,1-2H3. The number of hydrogen-bond acceptors (Lipinski definition) is 5. The second-order valence-electron chi connectivity index (χ2n) is 4.25. The van der Waals surface area contributed by atoms with E-state index in [9.17, 15) is 4.79 Å². The van der Waals surface area contributed by atoms with Crippen LogP contribution >= 0.6 is 11.3 Å². The molecule has 1 N–H and O–H groups in total. The summed E-state index contributed by atoms with van der Waals surface area (Å²) in [5, 5.41) is 10.6. The number of nitrogens with zero attached hydrogens (tertiary/aromatic N) is 1. The molecule has 1 amide bonds. The van der Waals surface area contributed by atoms with Gasteiger partial charge < -0.3 is 19.5 Å². The van der Waals surface area contributed by atoms with Gasteiger partial charge in [-0.05, 0) is 17.9 Å². The van der Waals surface area contributed by atoms with Gasteiger partial charge in [-0.3, -0.25) is 4.79 Å². The van der Waals surface area contributed by atoms with Crippen molar-refractivity contribution < 1.29 is 19.4 Å². The maximum atomic E-state index is 12.6. The van der Waals surface area contributed by atoms with Crippen molar-refractivity contribution in [2.24, 2.45) is 0 Å². The van der Waals surface area contributed by atoms with Gasteiger partial charge in [0.05, 0.1) is 6.61 Å². The van der Waals surface area contributed by atoms with Crippen molar-refractivity contribution >= 4 is 17.2 Å². The Morgan fingerprint density at radius 3 is 2.76 bits per heavy atom. The van der Waals surface area contributed by atoms with Crippen LogP contribution in [0.4, 0.5) is 0 Å². The quantitative estimate of drug-likeness (QED) is 0.579. The molecule has 0 aliphatic rings. The van der Waals surface area contributed by atoms with Crippen molar-refractivity contribution in [3.05, 3.63) is 21.9 Å². The lowest BCUT2D eigenvalue weighted by Crippen LogP contribution is -2.35. The first-order chi connectivity index (χ1) is 10.2. The van der Waals surface area contributed by atoms with Gasteiger partial charge in [0.2, 0.25) is 0 Å². The van der Waals surface area contributed by atoms with E-state index in [1.807, 2.05) is 5.38 Å². The largest absolute Gasteiger partial charge is 0.385 e. The van der Waals surface area contributed by atoms with Crippen molar-refractivity contribution in [3.8, 4) is 11.8 Å². The first-order valence-corrected chi connectivity index (χ1v) is 7.57. The molecule has 0 unspecified atom stereocenters. The lowest BCUT2D eigenvalue weighted by Gasteiger charge is -2.22. The SMILES string of the molecule is COCCCN(CCOC)C(=O)c1sccc1C#CCO. The molecule has 0 saturated heterocycles. The molecule has 0 aliphatic carbocycles. The van der Waals surface area contributed by atoms with Crippen molar-refractivity contribution in [2.45, 2.75) is 6.42 Å². The summed E-state index contributed by atoms with van der Waals surface area (Å²) in [6.07, 6.45) is 0.773. The smallest absolute Gasteiger partial charge is 0.265 e. The molecule has 21 heavy (non-hydrogen) atoms. The van der Waals surface area contributed by atoms with Crippen molar-refractivity contribution in [1.82, 2.24) is 4.90 Å². The molecular formula is C15H21NO4S. The lowest BCUT2D eigenvalue weighted by atomic mass is 10.2. The summed E-state index contributed by atoms with van der Waals surface area (Å²) in [7, 11) is 3.25. The van der Waals surface area contributed by atoms with Gasteiger partial charge in [0, 0.05) is 39.5 Å². The fourth-order valence-electron chi connectivity index (χ4n) is 1.77. The highest BCUT2D eigenvalue weighted by atomic mass is 32.1. The van der Waals surface area contributed by atoms with Crippen LogP contribution in [0, 0.1) is 11.8 Å². The molecule has 0 atom stereocenters. The predicted octanol–water partition coefficient (Wildman–Crippen LogP) is 1.22. The third-order valence-corrected chi connectivity index (χ3v) is 3.69. The Kier molecular flexibility index (Phi) is 8.71. The Bertz CT molecular complexity index is 489. The Labute approximate surface area is 129 Å². The molecule has 116 valence electrons. The number of carbonyl (C=O) groups is 1.